The third-order valence-corrected chi connectivity index (χ3v) is 5.39. The average molecular weight is 418 g/mol. The number of nitrogens with one attached hydrogen (secondary N) is 1. The van der Waals surface area contributed by atoms with Gasteiger partial charge in [-0.05, 0) is 30.2 Å². The van der Waals surface area contributed by atoms with Crippen LogP contribution in [0.4, 0.5) is 5.82 Å². The largest absolute Gasteiger partial charge is 0.463 e. The Morgan fingerprint density at radius 2 is 1.74 bits per heavy atom. The molecular weight excluding hydrogens is 396 g/mol. The molecule has 1 aliphatic heterocycles. The molecule has 0 saturated carbocycles. The van der Waals surface area contributed by atoms with E-state index >= 15 is 0 Å². The number of hydrogen-bond acceptors (Lipinski definition) is 6. The fourth-order valence-electron chi connectivity index (χ4n) is 3.91. The Hall–Kier alpha value is -3.94. The van der Waals surface area contributed by atoms with Crippen molar-refractivity contribution in [2.45, 2.75) is 12.8 Å². The van der Waals surface area contributed by atoms with Crippen LogP contribution >= 0.6 is 0 Å². The van der Waals surface area contributed by atoms with E-state index in [2.05, 4.69) is 10.3 Å². The van der Waals surface area contributed by atoms with Gasteiger partial charge in [0.05, 0.1) is 29.4 Å². The van der Waals surface area contributed by atoms with Gasteiger partial charge in [-0.25, -0.2) is 9.59 Å². The molecule has 3 aromatic rings. The van der Waals surface area contributed by atoms with Crippen molar-refractivity contribution >= 4 is 17.5 Å². The minimum atomic E-state index is -0.737. The molecule has 0 amide bonds. The van der Waals surface area contributed by atoms with Crippen LogP contribution in [-0.2, 0) is 23.6 Å². The summed E-state index contributed by atoms with van der Waals surface area (Å²) in [7, 11) is 3.02. The number of carbonyl (C=O) groups is 1. The second-order valence-electron chi connectivity index (χ2n) is 7.18. The summed E-state index contributed by atoms with van der Waals surface area (Å²) in [5, 5.41) is 3.19. The summed E-state index contributed by atoms with van der Waals surface area (Å²) in [6.07, 6.45) is 3.21. The quantitative estimate of drug-likeness (QED) is 0.652. The maximum atomic E-state index is 13.3. The van der Waals surface area contributed by atoms with Gasteiger partial charge in [-0.1, -0.05) is 30.3 Å². The van der Waals surface area contributed by atoms with E-state index in [1.54, 1.807) is 38.5 Å². The van der Waals surface area contributed by atoms with Crippen LogP contribution in [0.25, 0.3) is 5.70 Å². The van der Waals surface area contributed by atoms with Gasteiger partial charge < -0.3 is 10.1 Å². The van der Waals surface area contributed by atoms with E-state index in [1.807, 2.05) is 30.3 Å². The fourth-order valence-corrected chi connectivity index (χ4v) is 3.91. The number of carbonyl (C=O) groups excluding carboxylic acids is 1. The lowest BCUT2D eigenvalue weighted by Gasteiger charge is -2.32. The molecule has 0 saturated heterocycles. The van der Waals surface area contributed by atoms with E-state index in [1.165, 1.54) is 11.6 Å². The van der Waals surface area contributed by atoms with Crippen LogP contribution in [0.15, 0.2) is 70.0 Å². The van der Waals surface area contributed by atoms with Crippen LogP contribution < -0.4 is 16.6 Å². The number of ether oxygens (including phenoxy) is 1. The van der Waals surface area contributed by atoms with Crippen LogP contribution in [-0.4, -0.2) is 26.7 Å². The molecule has 8 heteroatoms. The monoisotopic (exact) mass is 418 g/mol. The molecule has 8 nitrogen and oxygen atoms in total. The Labute approximate surface area is 178 Å². The molecule has 3 heterocycles. The van der Waals surface area contributed by atoms with Gasteiger partial charge in [0.2, 0.25) is 0 Å². The highest BCUT2D eigenvalue weighted by Crippen LogP contribution is 2.42. The van der Waals surface area contributed by atoms with Gasteiger partial charge >= 0.3 is 11.7 Å². The van der Waals surface area contributed by atoms with E-state index in [9.17, 15) is 14.4 Å². The number of aromatic nitrogens is 3. The number of anilines is 1. The van der Waals surface area contributed by atoms with Crippen molar-refractivity contribution in [3.8, 4) is 0 Å². The van der Waals surface area contributed by atoms with Crippen LogP contribution in [0.3, 0.4) is 0 Å². The van der Waals surface area contributed by atoms with Gasteiger partial charge in [0.15, 0.2) is 0 Å². The van der Waals surface area contributed by atoms with E-state index < -0.39 is 23.1 Å². The average Bonchev–Trinajstić information content (AvgIpc) is 2.81. The highest BCUT2D eigenvalue weighted by molar-refractivity contribution is 6.04. The van der Waals surface area contributed by atoms with Crippen molar-refractivity contribution in [2.24, 2.45) is 14.1 Å². The maximum absolute atomic E-state index is 13.3. The second-order valence-corrected chi connectivity index (χ2v) is 7.18. The SMILES string of the molecule is CCOC(=O)C1=C(c2ccccc2)Nc2c(c(=O)n(C)c(=O)n2C)[C@H]1c1ccncc1. The lowest BCUT2D eigenvalue weighted by atomic mass is 9.81. The number of esters is 1. The second kappa shape index (κ2) is 8.06. The van der Waals surface area contributed by atoms with Crippen molar-refractivity contribution in [1.29, 1.82) is 0 Å². The molecule has 31 heavy (non-hydrogen) atoms. The Morgan fingerprint density at radius 1 is 1.06 bits per heavy atom. The van der Waals surface area contributed by atoms with E-state index in [0.29, 0.717) is 28.2 Å². The first kappa shape index (κ1) is 20.3. The van der Waals surface area contributed by atoms with E-state index in [-0.39, 0.29) is 6.61 Å². The van der Waals surface area contributed by atoms with Gasteiger partial charge in [-0.2, -0.15) is 0 Å². The van der Waals surface area contributed by atoms with Crippen molar-refractivity contribution in [2.75, 3.05) is 11.9 Å². The number of rotatable bonds is 4. The van der Waals surface area contributed by atoms with Crippen LogP contribution in [0.1, 0.15) is 29.5 Å². The first-order valence-corrected chi connectivity index (χ1v) is 9.89. The van der Waals surface area contributed by atoms with Crippen LogP contribution in [0.5, 0.6) is 0 Å². The van der Waals surface area contributed by atoms with Crippen molar-refractivity contribution in [3.63, 3.8) is 0 Å². The lowest BCUT2D eigenvalue weighted by Crippen LogP contribution is -2.43. The molecule has 158 valence electrons. The number of nitrogens with zero attached hydrogens (tertiary/aromatic N) is 3. The zero-order chi connectivity index (χ0) is 22.1. The molecule has 0 aliphatic carbocycles. The molecule has 0 bridgehead atoms. The van der Waals surface area contributed by atoms with Crippen LogP contribution in [0.2, 0.25) is 0 Å². The third-order valence-electron chi connectivity index (χ3n) is 5.39. The Kier molecular flexibility index (Phi) is 5.29. The summed E-state index contributed by atoms with van der Waals surface area (Å²) in [4.78, 5) is 43.2. The molecule has 0 fully saturated rings. The molecule has 0 radical (unpaired) electrons. The summed E-state index contributed by atoms with van der Waals surface area (Å²) in [6.45, 7) is 1.92. The molecule has 1 atom stereocenters. The summed E-state index contributed by atoms with van der Waals surface area (Å²) in [6, 6.07) is 12.8. The Bertz CT molecular complexity index is 1290. The number of fused-ring (bicyclic) bond motifs is 1. The summed E-state index contributed by atoms with van der Waals surface area (Å²) < 4.78 is 7.83. The molecule has 2 aromatic heterocycles. The molecule has 1 aromatic carbocycles. The predicted octanol–water partition coefficient (Wildman–Crippen LogP) is 2.01. The summed E-state index contributed by atoms with van der Waals surface area (Å²) in [5.41, 5.74) is 1.61. The Morgan fingerprint density at radius 3 is 2.39 bits per heavy atom. The van der Waals surface area contributed by atoms with Gasteiger partial charge in [0.25, 0.3) is 5.56 Å². The lowest BCUT2D eigenvalue weighted by molar-refractivity contribution is -0.138. The molecule has 0 unspecified atom stereocenters. The minimum Gasteiger partial charge on any atom is -0.463 e. The number of benzene rings is 1. The first-order chi connectivity index (χ1) is 15.0. The highest BCUT2D eigenvalue weighted by Gasteiger charge is 2.38. The molecule has 0 spiro atoms. The topological polar surface area (TPSA) is 95.2 Å². The maximum Gasteiger partial charge on any atom is 0.337 e. The van der Waals surface area contributed by atoms with Crippen molar-refractivity contribution < 1.29 is 9.53 Å². The Balaban J connectivity index is 2.13. The van der Waals surface area contributed by atoms with Gasteiger partial charge in [-0.15, -0.1) is 0 Å². The smallest absolute Gasteiger partial charge is 0.337 e. The van der Waals surface area contributed by atoms with Gasteiger partial charge in [-0.3, -0.25) is 18.9 Å². The molecule has 1 N–H and O–H groups in total. The zero-order valence-electron chi connectivity index (χ0n) is 17.5. The van der Waals surface area contributed by atoms with Crippen LogP contribution in [0, 0.1) is 0 Å². The minimum absolute atomic E-state index is 0.186. The summed E-state index contributed by atoms with van der Waals surface area (Å²) >= 11 is 0. The molecule has 4 rings (SSSR count). The third kappa shape index (κ3) is 3.35. The number of pyridine rings is 1. The number of hydrogen-bond donors (Lipinski definition) is 1. The fraction of sp³-hybridized carbons (Fsp3) is 0.217. The zero-order valence-corrected chi connectivity index (χ0v) is 17.5. The molecule has 1 aliphatic rings. The standard InChI is InChI=1S/C23H22N4O4/c1-4-31-22(29)17-16(14-10-12-24-13-11-14)18-20(26(2)23(30)27(3)21(18)28)25-19(17)15-8-6-5-7-9-15/h5-13,16,25H,4H2,1-3H3/t16-/m0/s1. The normalized spacial score (nSPS) is 15.3. The molecular formula is C23H22N4O4. The van der Waals surface area contributed by atoms with E-state index in [0.717, 1.165) is 10.1 Å². The highest BCUT2D eigenvalue weighted by atomic mass is 16.5. The van der Waals surface area contributed by atoms with Crippen molar-refractivity contribution in [3.05, 3.63) is 98.0 Å². The van der Waals surface area contributed by atoms with Gasteiger partial charge in [0, 0.05) is 26.5 Å². The van der Waals surface area contributed by atoms with E-state index in [4.69, 9.17) is 4.74 Å². The van der Waals surface area contributed by atoms with Crippen molar-refractivity contribution in [1.82, 2.24) is 14.1 Å². The predicted molar refractivity (Wildman–Crippen MR) is 117 cm³/mol. The van der Waals surface area contributed by atoms with Gasteiger partial charge in [0.1, 0.15) is 5.82 Å². The summed E-state index contributed by atoms with van der Waals surface area (Å²) in [5.74, 6) is -0.918. The first-order valence-electron chi connectivity index (χ1n) is 9.89.